The first-order chi connectivity index (χ1) is 15.1. The molecule has 0 atom stereocenters. The predicted molar refractivity (Wildman–Crippen MR) is 122 cm³/mol. The van der Waals surface area contributed by atoms with E-state index in [4.69, 9.17) is 22.3 Å². The number of nitrogens with two attached hydrogens (primary N) is 1. The fraction of sp³-hybridized carbons (Fsp3) is 0.0870. The van der Waals surface area contributed by atoms with E-state index >= 15 is 0 Å². The van der Waals surface area contributed by atoms with E-state index < -0.39 is 0 Å². The van der Waals surface area contributed by atoms with Gasteiger partial charge >= 0.3 is 0 Å². The van der Waals surface area contributed by atoms with Crippen LogP contribution in [0.1, 0.15) is 22.4 Å². The molecule has 5 rings (SSSR count). The van der Waals surface area contributed by atoms with E-state index in [1.165, 1.54) is 11.1 Å². The molecule has 0 amide bonds. The van der Waals surface area contributed by atoms with Crippen LogP contribution in [-0.2, 0) is 13.1 Å². The third-order valence-electron chi connectivity index (χ3n) is 4.97. The third-order valence-corrected chi connectivity index (χ3v) is 5.21. The van der Waals surface area contributed by atoms with Gasteiger partial charge in [0.05, 0.1) is 5.69 Å². The van der Waals surface area contributed by atoms with Crippen molar-refractivity contribution in [3.63, 3.8) is 0 Å². The molecule has 0 bridgehead atoms. The molecule has 2 N–H and O–H groups in total. The van der Waals surface area contributed by atoms with Gasteiger partial charge in [0.2, 0.25) is 5.95 Å². The van der Waals surface area contributed by atoms with Crippen molar-refractivity contribution in [1.29, 1.82) is 0 Å². The molecule has 0 saturated heterocycles. The van der Waals surface area contributed by atoms with Crippen molar-refractivity contribution >= 4 is 35.5 Å². The molecule has 1 aromatic carbocycles. The van der Waals surface area contributed by atoms with Crippen LogP contribution in [0.25, 0.3) is 23.7 Å². The van der Waals surface area contributed by atoms with Crippen molar-refractivity contribution in [3.8, 4) is 11.5 Å². The quantitative estimate of drug-likeness (QED) is 0.520. The van der Waals surface area contributed by atoms with Crippen LogP contribution in [0.15, 0.2) is 61.1 Å². The van der Waals surface area contributed by atoms with Gasteiger partial charge in [-0.2, -0.15) is 0 Å². The molecular weight excluding hydrogens is 410 g/mol. The molecule has 0 saturated carbocycles. The Balaban J connectivity index is 1.38. The molecule has 152 valence electrons. The molecule has 0 fully saturated rings. The van der Waals surface area contributed by atoms with Gasteiger partial charge in [-0.3, -0.25) is 0 Å². The number of nitrogens with zero attached hydrogens (tertiary/aromatic N) is 6. The third kappa shape index (κ3) is 4.22. The minimum Gasteiger partial charge on any atom is -0.384 e. The highest BCUT2D eigenvalue weighted by molar-refractivity contribution is 6.30. The molecule has 0 aliphatic carbocycles. The molecule has 1 aliphatic rings. The number of benzene rings is 1. The average Bonchev–Trinajstić information content (AvgIpc) is 3.21. The van der Waals surface area contributed by atoms with E-state index in [2.05, 4.69) is 30.9 Å². The summed E-state index contributed by atoms with van der Waals surface area (Å²) in [6.45, 7) is 1.46. The highest BCUT2D eigenvalue weighted by Gasteiger charge is 2.21. The minimum atomic E-state index is 0.477. The maximum atomic E-state index is 6.13. The normalized spacial score (nSPS) is 13.0. The van der Waals surface area contributed by atoms with E-state index in [1.54, 1.807) is 24.7 Å². The fourth-order valence-corrected chi connectivity index (χ4v) is 3.66. The Morgan fingerprint density at radius 2 is 1.68 bits per heavy atom. The van der Waals surface area contributed by atoms with Crippen molar-refractivity contribution < 1.29 is 0 Å². The Labute approximate surface area is 184 Å². The standard InChI is InChI=1S/C23H18ClN7/c24-18-3-2-16-13-31(14-17(16)12-18)23-28-10-7-20(30-23)22-27-9-6-19(29-22)4-1-15-5-8-26-21(25)11-15/h1-12H,13-14H2,(H2,25,26)/b4-1+. The van der Waals surface area contributed by atoms with Gasteiger partial charge in [0.25, 0.3) is 0 Å². The molecule has 7 nitrogen and oxygen atoms in total. The molecule has 4 heterocycles. The number of hydrogen-bond donors (Lipinski definition) is 1. The summed E-state index contributed by atoms with van der Waals surface area (Å²) >= 11 is 6.13. The Morgan fingerprint density at radius 1 is 0.839 bits per heavy atom. The Bertz CT molecular complexity index is 1290. The SMILES string of the molecule is Nc1cc(/C=C/c2ccnc(-c3ccnc(N4Cc5ccc(Cl)cc5C4)n3)n2)ccn1. The number of hydrogen-bond acceptors (Lipinski definition) is 7. The van der Waals surface area contributed by atoms with E-state index in [-0.39, 0.29) is 0 Å². The van der Waals surface area contributed by atoms with Crippen LogP contribution in [0.2, 0.25) is 5.02 Å². The smallest absolute Gasteiger partial charge is 0.226 e. The summed E-state index contributed by atoms with van der Waals surface area (Å²) in [5.41, 5.74) is 10.6. The van der Waals surface area contributed by atoms with Crippen LogP contribution >= 0.6 is 11.6 Å². The van der Waals surface area contributed by atoms with Gasteiger partial charge in [-0.1, -0.05) is 23.7 Å². The zero-order valence-electron chi connectivity index (χ0n) is 16.5. The molecular formula is C23H18ClN7. The summed E-state index contributed by atoms with van der Waals surface area (Å²) in [4.78, 5) is 24.3. The lowest BCUT2D eigenvalue weighted by atomic mass is 10.1. The van der Waals surface area contributed by atoms with Gasteiger partial charge in [0, 0.05) is 36.7 Å². The second kappa shape index (κ2) is 8.12. The first-order valence-electron chi connectivity index (χ1n) is 9.72. The average molecular weight is 428 g/mol. The zero-order chi connectivity index (χ0) is 21.2. The van der Waals surface area contributed by atoms with Crippen LogP contribution < -0.4 is 10.6 Å². The fourth-order valence-electron chi connectivity index (χ4n) is 3.47. The van der Waals surface area contributed by atoms with Crippen LogP contribution in [0.4, 0.5) is 11.8 Å². The number of fused-ring (bicyclic) bond motifs is 1. The topological polar surface area (TPSA) is 93.7 Å². The highest BCUT2D eigenvalue weighted by atomic mass is 35.5. The molecule has 0 radical (unpaired) electrons. The molecule has 31 heavy (non-hydrogen) atoms. The molecule has 1 aliphatic heterocycles. The van der Waals surface area contributed by atoms with Gasteiger partial charge in [-0.05, 0) is 59.2 Å². The largest absolute Gasteiger partial charge is 0.384 e. The second-order valence-electron chi connectivity index (χ2n) is 7.16. The van der Waals surface area contributed by atoms with Crippen LogP contribution in [-0.4, -0.2) is 24.9 Å². The zero-order valence-corrected chi connectivity index (χ0v) is 17.2. The lowest BCUT2D eigenvalue weighted by Gasteiger charge is -2.15. The number of aromatic nitrogens is 5. The van der Waals surface area contributed by atoms with Crippen molar-refractivity contribution in [1.82, 2.24) is 24.9 Å². The summed E-state index contributed by atoms with van der Waals surface area (Å²) in [5.74, 6) is 1.66. The summed E-state index contributed by atoms with van der Waals surface area (Å²) < 4.78 is 0. The van der Waals surface area contributed by atoms with Crippen molar-refractivity contribution in [2.75, 3.05) is 10.6 Å². The summed E-state index contributed by atoms with van der Waals surface area (Å²) in [5, 5.41) is 0.739. The van der Waals surface area contributed by atoms with Gasteiger partial charge < -0.3 is 10.6 Å². The second-order valence-corrected chi connectivity index (χ2v) is 7.60. The molecule has 8 heteroatoms. The molecule has 3 aromatic heterocycles. The van der Waals surface area contributed by atoms with Crippen LogP contribution in [0.3, 0.4) is 0 Å². The Hall–Kier alpha value is -3.84. The molecule has 0 spiro atoms. The van der Waals surface area contributed by atoms with Crippen molar-refractivity contribution in [3.05, 3.63) is 88.5 Å². The van der Waals surface area contributed by atoms with Gasteiger partial charge in [0.1, 0.15) is 11.5 Å². The summed E-state index contributed by atoms with van der Waals surface area (Å²) in [7, 11) is 0. The van der Waals surface area contributed by atoms with E-state index in [0.29, 0.717) is 23.3 Å². The summed E-state index contributed by atoms with van der Waals surface area (Å²) in [6.07, 6.45) is 8.97. The Morgan fingerprint density at radius 3 is 2.58 bits per heavy atom. The lowest BCUT2D eigenvalue weighted by Crippen LogP contribution is -2.17. The lowest BCUT2D eigenvalue weighted by molar-refractivity contribution is 0.828. The maximum absolute atomic E-state index is 6.13. The van der Waals surface area contributed by atoms with Crippen LogP contribution in [0.5, 0.6) is 0 Å². The Kier molecular flexibility index (Phi) is 5.01. The van der Waals surface area contributed by atoms with E-state index in [1.807, 2.05) is 42.5 Å². The maximum Gasteiger partial charge on any atom is 0.226 e. The highest BCUT2D eigenvalue weighted by Crippen LogP contribution is 2.28. The van der Waals surface area contributed by atoms with E-state index in [9.17, 15) is 0 Å². The molecule has 0 unspecified atom stereocenters. The monoisotopic (exact) mass is 427 g/mol. The van der Waals surface area contributed by atoms with Gasteiger partial charge in [-0.15, -0.1) is 0 Å². The van der Waals surface area contributed by atoms with E-state index in [0.717, 1.165) is 29.4 Å². The predicted octanol–water partition coefficient (Wildman–Crippen LogP) is 4.25. The number of nitrogen functional groups attached to an aromatic ring is 1. The number of pyridine rings is 1. The minimum absolute atomic E-state index is 0.477. The number of rotatable bonds is 4. The summed E-state index contributed by atoms with van der Waals surface area (Å²) in [6, 6.07) is 13.3. The number of anilines is 2. The van der Waals surface area contributed by atoms with Gasteiger partial charge in [-0.25, -0.2) is 24.9 Å². The first kappa shape index (κ1) is 19.1. The van der Waals surface area contributed by atoms with Gasteiger partial charge in [0.15, 0.2) is 5.82 Å². The number of halogens is 1. The van der Waals surface area contributed by atoms with Crippen molar-refractivity contribution in [2.24, 2.45) is 0 Å². The van der Waals surface area contributed by atoms with Crippen LogP contribution in [0, 0.1) is 0 Å². The molecule has 4 aromatic rings. The first-order valence-corrected chi connectivity index (χ1v) is 10.1. The van der Waals surface area contributed by atoms with Crippen molar-refractivity contribution in [2.45, 2.75) is 13.1 Å².